The maximum absolute atomic E-state index is 11.2. The van der Waals surface area contributed by atoms with Crippen molar-refractivity contribution in [3.05, 3.63) is 29.3 Å². The van der Waals surface area contributed by atoms with Crippen molar-refractivity contribution in [1.82, 2.24) is 15.5 Å². The summed E-state index contributed by atoms with van der Waals surface area (Å²) >= 11 is 9.06. The molecule has 1 N–H and O–H groups in total. The van der Waals surface area contributed by atoms with Crippen molar-refractivity contribution < 1.29 is 9.21 Å². The fraction of sp³-hybridized carbons (Fsp3) is 0.154. The van der Waals surface area contributed by atoms with E-state index in [-0.39, 0.29) is 11.7 Å². The van der Waals surface area contributed by atoms with Crippen molar-refractivity contribution in [2.75, 3.05) is 12.8 Å². The lowest BCUT2D eigenvalue weighted by atomic mass is 10.2. The molecule has 108 valence electrons. The lowest BCUT2D eigenvalue weighted by Gasteiger charge is -1.94. The Morgan fingerprint density at radius 3 is 3.00 bits per heavy atom. The first-order chi connectivity index (χ1) is 10.2. The molecule has 0 bridgehead atoms. The predicted octanol–water partition coefficient (Wildman–Crippen LogP) is 3.44. The average Bonchev–Trinajstić information content (AvgIpc) is 3.10. The Labute approximate surface area is 133 Å². The summed E-state index contributed by atoms with van der Waals surface area (Å²) in [6, 6.07) is 7.84. The molecular formula is C13H10ClN3O2S2. The zero-order chi connectivity index (χ0) is 14.8. The van der Waals surface area contributed by atoms with Crippen LogP contribution in [0.15, 0.2) is 33.9 Å². The van der Waals surface area contributed by atoms with E-state index in [9.17, 15) is 4.79 Å². The molecule has 0 atom stereocenters. The number of amides is 1. The second kappa shape index (κ2) is 6.05. The molecule has 1 amide bonds. The second-order valence-corrected chi connectivity index (χ2v) is 6.43. The Kier molecular flexibility index (Phi) is 4.14. The second-order valence-electron chi connectivity index (χ2n) is 4.08. The van der Waals surface area contributed by atoms with Gasteiger partial charge in [-0.1, -0.05) is 41.6 Å². The highest BCUT2D eigenvalue weighted by Crippen LogP contribution is 2.41. The number of thioether (sulfide) groups is 1. The number of nitrogens with one attached hydrogen (secondary N) is 1. The van der Waals surface area contributed by atoms with Gasteiger partial charge in [-0.25, -0.2) is 0 Å². The molecular weight excluding hydrogens is 330 g/mol. The minimum Gasteiger partial charge on any atom is -0.410 e. The van der Waals surface area contributed by atoms with Crippen LogP contribution in [0.25, 0.3) is 20.9 Å². The summed E-state index contributed by atoms with van der Waals surface area (Å²) in [7, 11) is 1.58. The minimum atomic E-state index is -0.0976. The van der Waals surface area contributed by atoms with Crippen molar-refractivity contribution >= 4 is 50.7 Å². The molecule has 0 saturated heterocycles. The third-order valence-electron chi connectivity index (χ3n) is 2.74. The largest absolute Gasteiger partial charge is 0.410 e. The number of benzene rings is 1. The van der Waals surface area contributed by atoms with Crippen LogP contribution in [0.2, 0.25) is 5.02 Å². The van der Waals surface area contributed by atoms with E-state index in [2.05, 4.69) is 15.5 Å². The van der Waals surface area contributed by atoms with Crippen LogP contribution in [0.1, 0.15) is 0 Å². The summed E-state index contributed by atoms with van der Waals surface area (Å²) < 4.78 is 6.63. The van der Waals surface area contributed by atoms with Crippen LogP contribution in [0.4, 0.5) is 0 Å². The molecule has 5 nitrogen and oxygen atoms in total. The normalized spacial score (nSPS) is 11.0. The minimum absolute atomic E-state index is 0.0976. The van der Waals surface area contributed by atoms with Crippen LogP contribution in [-0.4, -0.2) is 28.9 Å². The van der Waals surface area contributed by atoms with Gasteiger partial charge in [0.25, 0.3) is 11.1 Å². The molecule has 0 aliphatic carbocycles. The quantitative estimate of drug-likeness (QED) is 0.737. The molecule has 2 heterocycles. The third kappa shape index (κ3) is 2.90. The van der Waals surface area contributed by atoms with Crippen LogP contribution >= 0.6 is 34.7 Å². The highest BCUT2D eigenvalue weighted by atomic mass is 35.5. The van der Waals surface area contributed by atoms with E-state index in [1.807, 2.05) is 24.3 Å². The molecule has 2 aromatic heterocycles. The van der Waals surface area contributed by atoms with Gasteiger partial charge in [0, 0.05) is 17.1 Å². The Hall–Kier alpha value is -1.57. The molecule has 3 aromatic rings. The number of carbonyl (C=O) groups is 1. The first kappa shape index (κ1) is 14.4. The number of hydrogen-bond acceptors (Lipinski definition) is 6. The number of fused-ring (bicyclic) bond motifs is 1. The maximum Gasteiger partial charge on any atom is 0.277 e. The Bertz CT molecular complexity index is 800. The summed E-state index contributed by atoms with van der Waals surface area (Å²) in [5.74, 6) is 0.512. The molecule has 0 saturated carbocycles. The molecule has 0 radical (unpaired) electrons. The Balaban J connectivity index is 1.88. The first-order valence-electron chi connectivity index (χ1n) is 6.03. The number of hydrogen-bond donors (Lipinski definition) is 1. The van der Waals surface area contributed by atoms with Crippen LogP contribution in [0.5, 0.6) is 0 Å². The topological polar surface area (TPSA) is 68.0 Å². The standard InChI is InChI=1S/C13H10ClN3O2S2/c1-15-9(18)6-20-13-17-16-12(19-13)11-10(14)7-4-2-3-5-8(7)21-11/h2-5H,6H2,1H3,(H,15,18). The van der Waals surface area contributed by atoms with Gasteiger partial charge in [-0.05, 0) is 6.07 Å². The Morgan fingerprint density at radius 2 is 2.24 bits per heavy atom. The van der Waals surface area contributed by atoms with Crippen LogP contribution in [0, 0.1) is 0 Å². The molecule has 21 heavy (non-hydrogen) atoms. The average molecular weight is 340 g/mol. The molecule has 0 unspecified atom stereocenters. The molecule has 1 aromatic carbocycles. The summed E-state index contributed by atoms with van der Waals surface area (Å²) in [5, 5.41) is 12.4. The van der Waals surface area contributed by atoms with Crippen LogP contribution < -0.4 is 5.32 Å². The van der Waals surface area contributed by atoms with Gasteiger partial charge in [0.1, 0.15) is 4.88 Å². The molecule has 3 rings (SSSR count). The fourth-order valence-corrected chi connectivity index (χ4v) is 3.78. The monoisotopic (exact) mass is 339 g/mol. The van der Waals surface area contributed by atoms with Gasteiger partial charge < -0.3 is 9.73 Å². The van der Waals surface area contributed by atoms with Crippen molar-refractivity contribution in [3.8, 4) is 10.8 Å². The molecule has 0 aliphatic heterocycles. The highest BCUT2D eigenvalue weighted by Gasteiger charge is 2.18. The van der Waals surface area contributed by atoms with Gasteiger partial charge in [-0.2, -0.15) is 0 Å². The van der Waals surface area contributed by atoms with Gasteiger partial charge in [-0.15, -0.1) is 21.5 Å². The van der Waals surface area contributed by atoms with E-state index >= 15 is 0 Å². The zero-order valence-corrected chi connectivity index (χ0v) is 13.3. The molecule has 0 spiro atoms. The van der Waals surface area contributed by atoms with Gasteiger partial charge in [0.05, 0.1) is 10.8 Å². The SMILES string of the molecule is CNC(=O)CSc1nnc(-c2sc3ccccc3c2Cl)o1. The number of aromatic nitrogens is 2. The lowest BCUT2D eigenvalue weighted by molar-refractivity contribution is -0.118. The summed E-state index contributed by atoms with van der Waals surface area (Å²) in [5.41, 5.74) is 0. The first-order valence-corrected chi connectivity index (χ1v) is 8.21. The van der Waals surface area contributed by atoms with E-state index < -0.39 is 0 Å². The number of halogens is 1. The maximum atomic E-state index is 11.2. The third-order valence-corrected chi connectivity index (χ3v) is 5.22. The van der Waals surface area contributed by atoms with E-state index in [0.717, 1.165) is 15.0 Å². The molecule has 8 heteroatoms. The highest BCUT2D eigenvalue weighted by molar-refractivity contribution is 7.99. The summed E-state index contributed by atoms with van der Waals surface area (Å²) in [6.07, 6.45) is 0. The van der Waals surface area contributed by atoms with Crippen molar-refractivity contribution in [1.29, 1.82) is 0 Å². The van der Waals surface area contributed by atoms with Gasteiger partial charge >= 0.3 is 0 Å². The van der Waals surface area contributed by atoms with E-state index in [1.54, 1.807) is 7.05 Å². The van der Waals surface area contributed by atoms with Crippen LogP contribution in [-0.2, 0) is 4.79 Å². The number of rotatable bonds is 4. The predicted molar refractivity (Wildman–Crippen MR) is 84.9 cm³/mol. The van der Waals surface area contributed by atoms with E-state index in [0.29, 0.717) is 16.1 Å². The lowest BCUT2D eigenvalue weighted by Crippen LogP contribution is -2.19. The fourth-order valence-electron chi connectivity index (χ4n) is 1.71. The molecule has 0 fully saturated rings. The number of nitrogens with zero attached hydrogens (tertiary/aromatic N) is 2. The van der Waals surface area contributed by atoms with Crippen molar-refractivity contribution in [3.63, 3.8) is 0 Å². The Morgan fingerprint density at radius 1 is 1.43 bits per heavy atom. The summed E-state index contributed by atoms with van der Waals surface area (Å²) in [6.45, 7) is 0. The summed E-state index contributed by atoms with van der Waals surface area (Å²) in [4.78, 5) is 11.9. The van der Waals surface area contributed by atoms with Gasteiger partial charge in [0.15, 0.2) is 0 Å². The number of carbonyl (C=O) groups excluding carboxylic acids is 1. The van der Waals surface area contributed by atoms with Gasteiger partial charge in [0.2, 0.25) is 5.91 Å². The van der Waals surface area contributed by atoms with Gasteiger partial charge in [-0.3, -0.25) is 4.79 Å². The smallest absolute Gasteiger partial charge is 0.277 e. The van der Waals surface area contributed by atoms with E-state index in [4.69, 9.17) is 16.0 Å². The molecule has 0 aliphatic rings. The van der Waals surface area contributed by atoms with E-state index in [1.165, 1.54) is 23.1 Å². The van der Waals surface area contributed by atoms with Crippen molar-refractivity contribution in [2.24, 2.45) is 0 Å². The van der Waals surface area contributed by atoms with Crippen LogP contribution in [0.3, 0.4) is 0 Å². The zero-order valence-electron chi connectivity index (χ0n) is 10.9. The number of thiophene rings is 1. The van der Waals surface area contributed by atoms with Crippen molar-refractivity contribution in [2.45, 2.75) is 5.22 Å².